The number of imide groups is 1. The Morgan fingerprint density at radius 3 is 2.05 bits per heavy atom. The summed E-state index contributed by atoms with van der Waals surface area (Å²) in [6, 6.07) is 16.2. The lowest BCUT2D eigenvalue weighted by molar-refractivity contribution is -0.128. The van der Waals surface area contributed by atoms with Crippen molar-refractivity contribution in [2.24, 2.45) is 10.9 Å². The summed E-state index contributed by atoms with van der Waals surface area (Å²) in [6.45, 7) is 14.6. The predicted molar refractivity (Wildman–Crippen MR) is 156 cm³/mol. The van der Waals surface area contributed by atoms with Gasteiger partial charge in [-0.2, -0.15) is 0 Å². The lowest BCUT2D eigenvalue weighted by atomic mass is 9.90. The van der Waals surface area contributed by atoms with Gasteiger partial charge in [0.25, 0.3) is 5.91 Å². The molecule has 2 amide bonds. The molecule has 1 aliphatic rings. The zero-order chi connectivity index (χ0) is 29.4. The van der Waals surface area contributed by atoms with Gasteiger partial charge in [0.2, 0.25) is 0 Å². The fraction of sp³-hybridized carbons (Fsp3) is 0.375. The first-order valence-electron chi connectivity index (χ1n) is 13.4. The number of para-hydroxylation sites is 1. The minimum Gasteiger partial charge on any atom is -0.443 e. The molecule has 2 aromatic carbocycles. The number of fused-ring (bicyclic) bond motifs is 1. The number of rotatable bonds is 3. The van der Waals surface area contributed by atoms with Gasteiger partial charge in [-0.05, 0) is 65.2 Å². The fourth-order valence-corrected chi connectivity index (χ4v) is 4.61. The molecule has 1 aliphatic heterocycles. The first-order chi connectivity index (χ1) is 18.7. The molecule has 2 heterocycles. The van der Waals surface area contributed by atoms with E-state index in [4.69, 9.17) is 14.5 Å². The van der Waals surface area contributed by atoms with Crippen molar-refractivity contribution in [3.63, 3.8) is 0 Å². The molecule has 1 aromatic heterocycles. The Kier molecular flexibility index (Phi) is 7.74. The average Bonchev–Trinajstić information content (AvgIpc) is 3.22. The number of carbonyl (C=O) groups is 3. The van der Waals surface area contributed by atoms with Gasteiger partial charge in [0.1, 0.15) is 16.9 Å². The standard InChI is InChI=1S/C32H37N3O5/c1-20(2)27-26(21-14-10-9-11-15-21)33-24(28(36)35(27)30(38)40-32(6,7)8)18-22-19-34(29(37)39-31(3,4)5)25-17-13-12-16-23(22)25/h9-20,27H,1-8H3/b24-18-. The SMILES string of the molecule is CC(C)C1C(c2ccccc2)=N/C(=C\c2cn(C(=O)OC(C)(C)C)c3ccccc23)C(=O)N1C(=O)OC(C)(C)C. The molecule has 8 nitrogen and oxygen atoms in total. The third kappa shape index (κ3) is 6.17. The molecule has 0 saturated heterocycles. The van der Waals surface area contributed by atoms with Crippen molar-refractivity contribution in [3.05, 3.63) is 77.6 Å². The van der Waals surface area contributed by atoms with E-state index in [0.717, 1.165) is 10.9 Å². The molecule has 0 aliphatic carbocycles. The van der Waals surface area contributed by atoms with Crippen LogP contribution in [-0.2, 0) is 14.3 Å². The number of amides is 2. The van der Waals surface area contributed by atoms with Crippen LogP contribution in [0.2, 0.25) is 0 Å². The summed E-state index contributed by atoms with van der Waals surface area (Å²) in [4.78, 5) is 46.5. The Morgan fingerprint density at radius 2 is 1.45 bits per heavy atom. The number of ether oxygens (including phenoxy) is 2. The number of nitrogens with zero attached hydrogens (tertiary/aromatic N) is 3. The van der Waals surface area contributed by atoms with Crippen LogP contribution in [0.4, 0.5) is 9.59 Å². The van der Waals surface area contributed by atoms with E-state index in [2.05, 4.69) is 0 Å². The summed E-state index contributed by atoms with van der Waals surface area (Å²) in [5.41, 5.74) is 1.18. The Hall–Kier alpha value is -4.20. The Bertz CT molecular complexity index is 1500. The van der Waals surface area contributed by atoms with Crippen molar-refractivity contribution in [3.8, 4) is 0 Å². The van der Waals surface area contributed by atoms with Gasteiger partial charge in [-0.25, -0.2) is 19.5 Å². The van der Waals surface area contributed by atoms with Crippen LogP contribution in [0.5, 0.6) is 0 Å². The molecule has 8 heteroatoms. The zero-order valence-electron chi connectivity index (χ0n) is 24.4. The van der Waals surface area contributed by atoms with E-state index in [1.165, 1.54) is 9.47 Å². The highest BCUT2D eigenvalue weighted by molar-refractivity contribution is 6.18. The topological polar surface area (TPSA) is 90.2 Å². The first-order valence-corrected chi connectivity index (χ1v) is 13.4. The second-order valence-electron chi connectivity index (χ2n) is 12.2. The summed E-state index contributed by atoms with van der Waals surface area (Å²) < 4.78 is 12.7. The normalized spacial score (nSPS) is 17.4. The minimum absolute atomic E-state index is 0.0636. The van der Waals surface area contributed by atoms with Gasteiger partial charge in [-0.3, -0.25) is 9.36 Å². The van der Waals surface area contributed by atoms with Crippen molar-refractivity contribution >= 4 is 40.8 Å². The van der Waals surface area contributed by atoms with Crippen molar-refractivity contribution in [2.45, 2.75) is 72.6 Å². The Balaban J connectivity index is 1.92. The first kappa shape index (κ1) is 28.8. The summed E-state index contributed by atoms with van der Waals surface area (Å²) in [5.74, 6) is -0.701. The van der Waals surface area contributed by atoms with Crippen LogP contribution < -0.4 is 0 Å². The fourth-order valence-electron chi connectivity index (χ4n) is 4.61. The van der Waals surface area contributed by atoms with Crippen LogP contribution in [0, 0.1) is 5.92 Å². The third-order valence-electron chi connectivity index (χ3n) is 6.15. The molecule has 4 rings (SSSR count). The number of hydrogen-bond acceptors (Lipinski definition) is 6. The van der Waals surface area contributed by atoms with Crippen molar-refractivity contribution < 1.29 is 23.9 Å². The number of benzene rings is 2. The summed E-state index contributed by atoms with van der Waals surface area (Å²) in [6.07, 6.45) is 1.97. The molecule has 0 bridgehead atoms. The van der Waals surface area contributed by atoms with E-state index in [9.17, 15) is 14.4 Å². The number of aliphatic imine (C=N–C) groups is 1. The predicted octanol–water partition coefficient (Wildman–Crippen LogP) is 7.06. The summed E-state index contributed by atoms with van der Waals surface area (Å²) >= 11 is 0. The highest BCUT2D eigenvalue weighted by atomic mass is 16.6. The largest absolute Gasteiger partial charge is 0.443 e. The third-order valence-corrected chi connectivity index (χ3v) is 6.15. The van der Waals surface area contributed by atoms with Gasteiger partial charge < -0.3 is 9.47 Å². The molecule has 0 saturated carbocycles. The lowest BCUT2D eigenvalue weighted by Gasteiger charge is -2.37. The number of hydrogen-bond donors (Lipinski definition) is 0. The molecule has 1 atom stereocenters. The van der Waals surface area contributed by atoms with Crippen LogP contribution >= 0.6 is 0 Å². The Morgan fingerprint density at radius 1 is 0.875 bits per heavy atom. The minimum atomic E-state index is -0.800. The van der Waals surface area contributed by atoms with Crippen molar-refractivity contribution in [1.82, 2.24) is 9.47 Å². The molecule has 0 fully saturated rings. The lowest BCUT2D eigenvalue weighted by Crippen LogP contribution is -2.55. The van der Waals surface area contributed by atoms with Gasteiger partial charge in [-0.15, -0.1) is 0 Å². The average molecular weight is 544 g/mol. The molecule has 0 spiro atoms. The van der Waals surface area contributed by atoms with E-state index >= 15 is 0 Å². The van der Waals surface area contributed by atoms with E-state index < -0.39 is 35.3 Å². The Labute approximate surface area is 235 Å². The van der Waals surface area contributed by atoms with E-state index in [-0.39, 0.29) is 11.6 Å². The van der Waals surface area contributed by atoms with Gasteiger partial charge in [-0.1, -0.05) is 62.4 Å². The quantitative estimate of drug-likeness (QED) is 0.330. The van der Waals surface area contributed by atoms with E-state index in [0.29, 0.717) is 16.8 Å². The number of aromatic nitrogens is 1. The molecule has 3 aromatic rings. The highest BCUT2D eigenvalue weighted by Crippen LogP contribution is 2.31. The van der Waals surface area contributed by atoms with Crippen LogP contribution in [0.15, 0.2) is 71.5 Å². The molecule has 0 N–H and O–H groups in total. The second-order valence-corrected chi connectivity index (χ2v) is 12.2. The molecule has 1 unspecified atom stereocenters. The van der Waals surface area contributed by atoms with Crippen LogP contribution in [0.25, 0.3) is 17.0 Å². The van der Waals surface area contributed by atoms with Gasteiger partial charge >= 0.3 is 12.2 Å². The molecule has 210 valence electrons. The second kappa shape index (κ2) is 10.8. The summed E-state index contributed by atoms with van der Waals surface area (Å²) in [5, 5.41) is 0.736. The molecule has 0 radical (unpaired) electrons. The van der Waals surface area contributed by atoms with Crippen molar-refractivity contribution in [2.75, 3.05) is 0 Å². The van der Waals surface area contributed by atoms with Crippen LogP contribution in [0.1, 0.15) is 66.5 Å². The molecular weight excluding hydrogens is 506 g/mol. The van der Waals surface area contributed by atoms with Crippen molar-refractivity contribution in [1.29, 1.82) is 0 Å². The smallest absolute Gasteiger partial charge is 0.419 e. The zero-order valence-corrected chi connectivity index (χ0v) is 24.4. The van der Waals surface area contributed by atoms with Gasteiger partial charge in [0, 0.05) is 17.1 Å². The van der Waals surface area contributed by atoms with E-state index in [1.807, 2.05) is 68.4 Å². The van der Waals surface area contributed by atoms with Crippen LogP contribution in [0.3, 0.4) is 0 Å². The van der Waals surface area contributed by atoms with Gasteiger partial charge in [0.05, 0.1) is 17.3 Å². The monoisotopic (exact) mass is 543 g/mol. The highest BCUT2D eigenvalue weighted by Gasteiger charge is 2.43. The maximum absolute atomic E-state index is 14.0. The molecule has 40 heavy (non-hydrogen) atoms. The van der Waals surface area contributed by atoms with Gasteiger partial charge in [0.15, 0.2) is 0 Å². The maximum Gasteiger partial charge on any atom is 0.419 e. The summed E-state index contributed by atoms with van der Waals surface area (Å²) in [7, 11) is 0. The van der Waals surface area contributed by atoms with E-state index in [1.54, 1.807) is 53.8 Å². The molecular formula is C32H37N3O5. The maximum atomic E-state index is 14.0. The number of carbonyl (C=O) groups excluding carboxylic acids is 3. The van der Waals surface area contributed by atoms with Crippen LogP contribution in [-0.4, -0.2) is 50.5 Å².